The summed E-state index contributed by atoms with van der Waals surface area (Å²) < 4.78 is 11.1. The summed E-state index contributed by atoms with van der Waals surface area (Å²) >= 11 is 6.10. The number of H-pyrrole nitrogens is 1. The second kappa shape index (κ2) is 9.01. The molecule has 35 heavy (non-hydrogen) atoms. The van der Waals surface area contributed by atoms with E-state index >= 15 is 0 Å². The summed E-state index contributed by atoms with van der Waals surface area (Å²) in [5.74, 6) is -0.424. The lowest BCUT2D eigenvalue weighted by Gasteiger charge is -2.24. The molecule has 7 nitrogen and oxygen atoms in total. The molecule has 0 fully saturated rings. The molecule has 0 saturated carbocycles. The summed E-state index contributed by atoms with van der Waals surface area (Å²) in [5, 5.41) is 17.5. The minimum Gasteiger partial charge on any atom is -0.423 e. The standard InChI is InChI=1S/C27H19ClN4O3/c1-15-6-8-17(9-7-15)24-23-22(20(14-29)25(30)35-26(23)32-31-24)16-10-12-18(13-11-16)34-27(33)19-4-2-3-5-21(19)28/h2-13,22H,30H2,1H3,(H,31,32)/t22-/m0/s1. The number of hydrogen-bond donors (Lipinski definition) is 2. The zero-order chi connectivity index (χ0) is 24.5. The van der Waals surface area contributed by atoms with Crippen molar-refractivity contribution in [3.05, 3.63) is 112 Å². The maximum Gasteiger partial charge on any atom is 0.345 e. The summed E-state index contributed by atoms with van der Waals surface area (Å²) in [4.78, 5) is 12.5. The van der Waals surface area contributed by atoms with Gasteiger partial charge >= 0.3 is 5.97 Å². The molecule has 0 saturated heterocycles. The van der Waals surface area contributed by atoms with E-state index in [9.17, 15) is 10.1 Å². The molecule has 3 N–H and O–H groups in total. The quantitative estimate of drug-likeness (QED) is 0.294. The number of ether oxygens (including phenoxy) is 2. The second-order valence-electron chi connectivity index (χ2n) is 8.05. The topological polar surface area (TPSA) is 114 Å². The van der Waals surface area contributed by atoms with Crippen molar-refractivity contribution >= 4 is 17.6 Å². The molecule has 0 radical (unpaired) electrons. The molecule has 0 amide bonds. The van der Waals surface area contributed by atoms with E-state index in [0.717, 1.165) is 22.4 Å². The summed E-state index contributed by atoms with van der Waals surface area (Å²) in [7, 11) is 0. The van der Waals surface area contributed by atoms with Crippen LogP contribution in [0.2, 0.25) is 5.02 Å². The van der Waals surface area contributed by atoms with Crippen LogP contribution in [0.25, 0.3) is 11.3 Å². The first-order valence-corrected chi connectivity index (χ1v) is 11.1. The third-order valence-electron chi connectivity index (χ3n) is 5.80. The van der Waals surface area contributed by atoms with Crippen molar-refractivity contribution in [2.45, 2.75) is 12.8 Å². The lowest BCUT2D eigenvalue weighted by atomic mass is 9.83. The maximum atomic E-state index is 12.5. The van der Waals surface area contributed by atoms with Gasteiger partial charge in [-0.25, -0.2) is 4.79 Å². The van der Waals surface area contributed by atoms with Gasteiger partial charge in [0.2, 0.25) is 11.8 Å². The SMILES string of the molecule is Cc1ccc(-c2[nH]nc3c2[C@@H](c2ccc(OC(=O)c4ccccc4Cl)cc2)C(C#N)=C(N)O3)cc1. The molecule has 4 aromatic rings. The molecule has 0 bridgehead atoms. The van der Waals surface area contributed by atoms with Gasteiger partial charge in [0.1, 0.15) is 17.4 Å². The van der Waals surface area contributed by atoms with E-state index in [4.69, 9.17) is 26.8 Å². The average Bonchev–Trinajstić information content (AvgIpc) is 3.27. The number of nitriles is 1. The van der Waals surface area contributed by atoms with Crippen LogP contribution < -0.4 is 15.2 Å². The predicted molar refractivity (Wildman–Crippen MR) is 131 cm³/mol. The zero-order valence-electron chi connectivity index (χ0n) is 18.6. The molecule has 0 spiro atoms. The lowest BCUT2D eigenvalue weighted by molar-refractivity contribution is 0.0735. The molecular weight excluding hydrogens is 464 g/mol. The van der Waals surface area contributed by atoms with Gasteiger partial charge in [-0.3, -0.25) is 5.10 Å². The number of aromatic nitrogens is 2. The van der Waals surface area contributed by atoms with Crippen LogP contribution in [0.1, 0.15) is 33.0 Å². The second-order valence-corrected chi connectivity index (χ2v) is 8.45. The van der Waals surface area contributed by atoms with Crippen molar-refractivity contribution < 1.29 is 14.3 Å². The van der Waals surface area contributed by atoms with E-state index < -0.39 is 11.9 Å². The van der Waals surface area contributed by atoms with Crippen LogP contribution in [0.3, 0.4) is 0 Å². The molecule has 1 aromatic heterocycles. The molecule has 3 aromatic carbocycles. The maximum absolute atomic E-state index is 12.5. The van der Waals surface area contributed by atoms with Crippen LogP contribution in [0.5, 0.6) is 11.6 Å². The van der Waals surface area contributed by atoms with Crippen molar-refractivity contribution in [3.63, 3.8) is 0 Å². The molecule has 172 valence electrons. The Balaban J connectivity index is 1.51. The van der Waals surface area contributed by atoms with Crippen molar-refractivity contribution in [2.75, 3.05) is 0 Å². The molecule has 1 aliphatic rings. The summed E-state index contributed by atoms with van der Waals surface area (Å²) in [6.07, 6.45) is 0. The van der Waals surface area contributed by atoms with Crippen molar-refractivity contribution in [3.8, 4) is 29.0 Å². The monoisotopic (exact) mass is 482 g/mol. The fourth-order valence-corrected chi connectivity index (χ4v) is 4.25. The average molecular weight is 483 g/mol. The van der Waals surface area contributed by atoms with E-state index in [0.29, 0.717) is 22.2 Å². The largest absolute Gasteiger partial charge is 0.423 e. The Hall–Kier alpha value is -4.54. The molecular formula is C27H19ClN4O3. The van der Waals surface area contributed by atoms with Gasteiger partial charge < -0.3 is 15.2 Å². The number of carbonyl (C=O) groups excluding carboxylic acids is 1. The highest BCUT2D eigenvalue weighted by Gasteiger charge is 2.35. The van der Waals surface area contributed by atoms with Crippen LogP contribution in [-0.4, -0.2) is 16.2 Å². The van der Waals surface area contributed by atoms with Crippen molar-refractivity contribution in [1.82, 2.24) is 10.2 Å². The van der Waals surface area contributed by atoms with Crippen LogP contribution in [0, 0.1) is 18.3 Å². The summed E-state index contributed by atoms with van der Waals surface area (Å²) in [5.41, 5.74) is 10.9. The van der Waals surface area contributed by atoms with Gasteiger partial charge in [-0.2, -0.15) is 5.26 Å². The van der Waals surface area contributed by atoms with Crippen LogP contribution in [-0.2, 0) is 0 Å². The Morgan fingerprint density at radius 2 is 1.83 bits per heavy atom. The normalized spacial score (nSPS) is 14.6. The Labute approximate surface area is 206 Å². The summed E-state index contributed by atoms with van der Waals surface area (Å²) in [6.45, 7) is 2.01. The Kier molecular flexibility index (Phi) is 5.73. The number of aromatic amines is 1. The number of rotatable bonds is 4. The van der Waals surface area contributed by atoms with Crippen LogP contribution in [0.15, 0.2) is 84.3 Å². The fourth-order valence-electron chi connectivity index (χ4n) is 4.04. The van der Waals surface area contributed by atoms with Crippen LogP contribution >= 0.6 is 11.6 Å². The first-order valence-electron chi connectivity index (χ1n) is 10.8. The number of benzene rings is 3. The number of halogens is 1. The highest BCUT2D eigenvalue weighted by atomic mass is 35.5. The molecule has 2 heterocycles. The molecule has 1 aliphatic heterocycles. The number of esters is 1. The Bertz CT molecular complexity index is 1500. The molecule has 1 atom stereocenters. The minimum atomic E-state index is -0.560. The Morgan fingerprint density at radius 3 is 2.51 bits per heavy atom. The van der Waals surface area contributed by atoms with E-state index in [2.05, 4.69) is 16.3 Å². The molecule has 5 rings (SSSR count). The molecule has 8 heteroatoms. The van der Waals surface area contributed by atoms with E-state index in [-0.39, 0.29) is 17.0 Å². The van der Waals surface area contributed by atoms with Crippen molar-refractivity contribution in [1.29, 1.82) is 5.26 Å². The number of nitrogens with one attached hydrogen (secondary N) is 1. The highest BCUT2D eigenvalue weighted by molar-refractivity contribution is 6.33. The first-order chi connectivity index (χ1) is 17.0. The number of fused-ring (bicyclic) bond motifs is 1. The number of nitrogens with zero attached hydrogens (tertiary/aromatic N) is 2. The molecule has 0 unspecified atom stereocenters. The zero-order valence-corrected chi connectivity index (χ0v) is 19.3. The Morgan fingerprint density at radius 1 is 1.11 bits per heavy atom. The van der Waals surface area contributed by atoms with Gasteiger partial charge in [0, 0.05) is 5.56 Å². The van der Waals surface area contributed by atoms with Gasteiger partial charge in [0.15, 0.2) is 0 Å². The highest BCUT2D eigenvalue weighted by Crippen LogP contribution is 2.45. The predicted octanol–water partition coefficient (Wildman–Crippen LogP) is 5.48. The molecule has 0 aliphatic carbocycles. The van der Waals surface area contributed by atoms with E-state index in [1.807, 2.05) is 31.2 Å². The van der Waals surface area contributed by atoms with Gasteiger partial charge in [-0.1, -0.05) is 65.7 Å². The number of carbonyl (C=O) groups is 1. The fraction of sp³-hybridized carbons (Fsp3) is 0.0741. The van der Waals surface area contributed by atoms with Crippen molar-refractivity contribution in [2.24, 2.45) is 5.73 Å². The number of hydrogen-bond acceptors (Lipinski definition) is 6. The third-order valence-corrected chi connectivity index (χ3v) is 6.13. The van der Waals surface area contributed by atoms with E-state index in [1.165, 1.54) is 0 Å². The van der Waals surface area contributed by atoms with Gasteiger partial charge in [-0.05, 0) is 36.8 Å². The van der Waals surface area contributed by atoms with Crippen LogP contribution in [0.4, 0.5) is 0 Å². The smallest absolute Gasteiger partial charge is 0.345 e. The van der Waals surface area contributed by atoms with Gasteiger partial charge in [0.05, 0.1) is 27.8 Å². The minimum absolute atomic E-state index is 0.00109. The number of allylic oxidation sites excluding steroid dienone is 1. The third kappa shape index (κ3) is 4.12. The lowest BCUT2D eigenvalue weighted by Crippen LogP contribution is -2.21. The number of aryl methyl sites for hydroxylation is 1. The first kappa shape index (κ1) is 22.3. The van der Waals surface area contributed by atoms with Gasteiger partial charge in [-0.15, -0.1) is 5.10 Å². The number of nitrogens with two attached hydrogens (primary N) is 1. The van der Waals surface area contributed by atoms with Gasteiger partial charge in [0.25, 0.3) is 0 Å². The van der Waals surface area contributed by atoms with E-state index in [1.54, 1.807) is 48.5 Å². The summed E-state index contributed by atoms with van der Waals surface area (Å²) in [6, 6.07) is 23.7.